The van der Waals surface area contributed by atoms with Crippen LogP contribution in [0.1, 0.15) is 18.9 Å². The normalized spacial score (nSPS) is 30.2. The molecule has 1 aliphatic rings. The van der Waals surface area contributed by atoms with Gasteiger partial charge in [0.15, 0.2) is 0 Å². The molecule has 4 heteroatoms. The van der Waals surface area contributed by atoms with Crippen LogP contribution in [0.3, 0.4) is 0 Å². The number of pyridine rings is 1. The number of piperidine rings is 1. The molecule has 2 atom stereocenters. The van der Waals surface area contributed by atoms with Gasteiger partial charge in [-0.25, -0.2) is 0 Å². The predicted molar refractivity (Wildman–Crippen MR) is 64.0 cm³/mol. The quantitative estimate of drug-likeness (QED) is 0.682. The largest absolute Gasteiger partial charge is 0.398 e. The van der Waals surface area contributed by atoms with Crippen molar-refractivity contribution in [3.63, 3.8) is 0 Å². The fourth-order valence-electron chi connectivity index (χ4n) is 2.24. The van der Waals surface area contributed by atoms with Crippen LogP contribution in [0.25, 0.3) is 0 Å². The van der Waals surface area contributed by atoms with Crippen LogP contribution in [0.5, 0.6) is 0 Å². The Morgan fingerprint density at radius 1 is 1.69 bits per heavy atom. The van der Waals surface area contributed by atoms with E-state index in [1.807, 2.05) is 0 Å². The van der Waals surface area contributed by atoms with Crippen molar-refractivity contribution in [1.29, 1.82) is 0 Å². The number of rotatable bonds is 2. The molecule has 0 aliphatic carbocycles. The first-order valence-electron chi connectivity index (χ1n) is 5.73. The third kappa shape index (κ3) is 2.18. The highest BCUT2D eigenvalue weighted by atomic mass is 16.3. The Labute approximate surface area is 95.9 Å². The second-order valence-electron chi connectivity index (χ2n) is 4.71. The second-order valence-corrected chi connectivity index (χ2v) is 4.71. The van der Waals surface area contributed by atoms with Crippen LogP contribution < -0.4 is 11.1 Å². The van der Waals surface area contributed by atoms with Gasteiger partial charge in [-0.05, 0) is 30.5 Å². The van der Waals surface area contributed by atoms with Crippen molar-refractivity contribution in [3.8, 4) is 0 Å². The molecule has 0 amide bonds. The summed E-state index contributed by atoms with van der Waals surface area (Å²) >= 11 is 0. The third-order valence-electron chi connectivity index (χ3n) is 3.54. The standard InChI is InChI=1S/C12H19N3O/c1-9-7-15-5-3-12(9,16)6-10-8-14-4-2-11(10)13/h2,4,8-9,15-16H,3,5-7H2,1H3,(H2,13,14). The molecule has 4 nitrogen and oxygen atoms in total. The number of hydrogen-bond acceptors (Lipinski definition) is 4. The van der Waals surface area contributed by atoms with Crippen LogP contribution in [0, 0.1) is 5.92 Å². The number of nitrogens with two attached hydrogens (primary N) is 1. The van der Waals surface area contributed by atoms with Gasteiger partial charge >= 0.3 is 0 Å². The summed E-state index contributed by atoms with van der Waals surface area (Å²) in [5.41, 5.74) is 6.89. The van der Waals surface area contributed by atoms with Crippen LogP contribution in [-0.2, 0) is 6.42 Å². The van der Waals surface area contributed by atoms with E-state index < -0.39 is 5.60 Å². The first-order chi connectivity index (χ1) is 7.62. The van der Waals surface area contributed by atoms with Gasteiger partial charge in [0.2, 0.25) is 0 Å². The van der Waals surface area contributed by atoms with Crippen molar-refractivity contribution in [2.75, 3.05) is 18.8 Å². The van der Waals surface area contributed by atoms with Gasteiger partial charge in [0.1, 0.15) is 0 Å². The zero-order valence-electron chi connectivity index (χ0n) is 9.61. The summed E-state index contributed by atoms with van der Waals surface area (Å²) in [4.78, 5) is 4.06. The van der Waals surface area contributed by atoms with Crippen LogP contribution in [0.15, 0.2) is 18.5 Å². The second kappa shape index (κ2) is 4.39. The first kappa shape index (κ1) is 11.4. The molecule has 1 fully saturated rings. The number of aromatic nitrogens is 1. The molecule has 1 aromatic heterocycles. The minimum atomic E-state index is -0.650. The van der Waals surface area contributed by atoms with E-state index >= 15 is 0 Å². The van der Waals surface area contributed by atoms with Crippen LogP contribution >= 0.6 is 0 Å². The maximum Gasteiger partial charge on any atom is 0.0738 e. The zero-order valence-corrected chi connectivity index (χ0v) is 9.61. The van der Waals surface area contributed by atoms with E-state index in [9.17, 15) is 5.11 Å². The van der Waals surface area contributed by atoms with Gasteiger partial charge in [-0.15, -0.1) is 0 Å². The van der Waals surface area contributed by atoms with E-state index in [1.54, 1.807) is 18.5 Å². The average Bonchev–Trinajstić information content (AvgIpc) is 2.26. The highest BCUT2D eigenvalue weighted by molar-refractivity contribution is 5.45. The van der Waals surface area contributed by atoms with E-state index in [0.29, 0.717) is 12.1 Å². The molecule has 4 N–H and O–H groups in total. The average molecular weight is 221 g/mol. The summed E-state index contributed by atoms with van der Waals surface area (Å²) in [5.74, 6) is 0.237. The number of aliphatic hydroxyl groups is 1. The molecule has 0 saturated carbocycles. The fourth-order valence-corrected chi connectivity index (χ4v) is 2.24. The van der Waals surface area contributed by atoms with Crippen molar-refractivity contribution in [1.82, 2.24) is 10.3 Å². The van der Waals surface area contributed by atoms with Crippen LogP contribution in [0.4, 0.5) is 5.69 Å². The van der Waals surface area contributed by atoms with Crippen LogP contribution in [0.2, 0.25) is 0 Å². The lowest BCUT2D eigenvalue weighted by Gasteiger charge is -2.38. The van der Waals surface area contributed by atoms with E-state index in [4.69, 9.17) is 5.73 Å². The Morgan fingerprint density at radius 3 is 3.19 bits per heavy atom. The molecule has 0 aromatic carbocycles. The fraction of sp³-hybridized carbons (Fsp3) is 0.583. The highest BCUT2D eigenvalue weighted by Gasteiger charge is 2.36. The number of nitrogens with zero attached hydrogens (tertiary/aromatic N) is 1. The van der Waals surface area contributed by atoms with Gasteiger partial charge in [0.05, 0.1) is 5.60 Å². The smallest absolute Gasteiger partial charge is 0.0738 e. The van der Waals surface area contributed by atoms with Crippen molar-refractivity contribution in [2.24, 2.45) is 5.92 Å². The summed E-state index contributed by atoms with van der Waals surface area (Å²) in [6, 6.07) is 1.78. The topological polar surface area (TPSA) is 71.2 Å². The SMILES string of the molecule is CC1CNCCC1(O)Cc1cnccc1N. The Hall–Kier alpha value is -1.13. The van der Waals surface area contributed by atoms with Gasteiger partial charge < -0.3 is 16.2 Å². The first-order valence-corrected chi connectivity index (χ1v) is 5.73. The van der Waals surface area contributed by atoms with E-state index in [-0.39, 0.29) is 5.92 Å². The van der Waals surface area contributed by atoms with Gasteiger partial charge in [-0.1, -0.05) is 6.92 Å². The molecule has 2 rings (SSSR count). The van der Waals surface area contributed by atoms with Crippen molar-refractivity contribution in [2.45, 2.75) is 25.4 Å². The van der Waals surface area contributed by atoms with E-state index in [2.05, 4.69) is 17.2 Å². The molecule has 0 bridgehead atoms. The summed E-state index contributed by atoms with van der Waals surface area (Å²) in [5, 5.41) is 13.9. The lowest BCUT2D eigenvalue weighted by molar-refractivity contribution is -0.0328. The predicted octanol–water partition coefficient (Wildman–Crippen LogP) is 0.567. The summed E-state index contributed by atoms with van der Waals surface area (Å²) in [7, 11) is 0. The molecule has 2 heterocycles. The zero-order chi connectivity index (χ0) is 11.6. The van der Waals surface area contributed by atoms with Gasteiger partial charge in [0.25, 0.3) is 0 Å². The van der Waals surface area contributed by atoms with Crippen molar-refractivity contribution < 1.29 is 5.11 Å². The molecular weight excluding hydrogens is 202 g/mol. The van der Waals surface area contributed by atoms with Gasteiger partial charge in [-0.2, -0.15) is 0 Å². The Balaban J connectivity index is 2.16. The molecule has 16 heavy (non-hydrogen) atoms. The van der Waals surface area contributed by atoms with Crippen LogP contribution in [-0.4, -0.2) is 28.8 Å². The Kier molecular flexibility index (Phi) is 3.12. The lowest BCUT2D eigenvalue weighted by Crippen LogP contribution is -2.50. The van der Waals surface area contributed by atoms with Gasteiger partial charge in [-0.3, -0.25) is 4.98 Å². The molecule has 1 saturated heterocycles. The van der Waals surface area contributed by atoms with Crippen molar-refractivity contribution in [3.05, 3.63) is 24.0 Å². The molecule has 1 aromatic rings. The molecular formula is C12H19N3O. The third-order valence-corrected chi connectivity index (χ3v) is 3.54. The van der Waals surface area contributed by atoms with Crippen molar-refractivity contribution >= 4 is 5.69 Å². The maximum atomic E-state index is 10.6. The minimum absolute atomic E-state index is 0.237. The molecule has 2 unspecified atom stereocenters. The summed E-state index contributed by atoms with van der Waals surface area (Å²) in [6.07, 6.45) is 4.79. The van der Waals surface area contributed by atoms with E-state index in [1.165, 1.54) is 0 Å². The molecule has 0 radical (unpaired) electrons. The molecule has 0 spiro atoms. The Morgan fingerprint density at radius 2 is 2.50 bits per heavy atom. The summed E-state index contributed by atoms with van der Waals surface area (Å²) < 4.78 is 0. The molecule has 1 aliphatic heterocycles. The lowest BCUT2D eigenvalue weighted by atomic mass is 9.78. The van der Waals surface area contributed by atoms with E-state index in [0.717, 1.165) is 25.1 Å². The number of nitrogens with one attached hydrogen (secondary N) is 1. The summed E-state index contributed by atoms with van der Waals surface area (Å²) in [6.45, 7) is 3.79. The Bertz CT molecular complexity index is 369. The minimum Gasteiger partial charge on any atom is -0.398 e. The van der Waals surface area contributed by atoms with Gasteiger partial charge in [0, 0.05) is 31.0 Å². The maximum absolute atomic E-state index is 10.6. The number of hydrogen-bond donors (Lipinski definition) is 3. The molecule has 88 valence electrons. The number of anilines is 1. The monoisotopic (exact) mass is 221 g/mol. The highest BCUT2D eigenvalue weighted by Crippen LogP contribution is 2.29. The number of nitrogen functional groups attached to an aromatic ring is 1.